The van der Waals surface area contributed by atoms with Crippen molar-refractivity contribution in [3.05, 3.63) is 81.1 Å². The fourth-order valence-electron chi connectivity index (χ4n) is 7.10. The summed E-state index contributed by atoms with van der Waals surface area (Å²) in [4.78, 5) is 48.5. The first-order valence-electron chi connectivity index (χ1n) is 16.6. The Labute approximate surface area is 299 Å². The number of fused-ring (bicyclic) bond motifs is 1. The van der Waals surface area contributed by atoms with Gasteiger partial charge in [-0.2, -0.15) is 26.3 Å². The Morgan fingerprint density at radius 1 is 1.10 bits per heavy atom. The molecule has 52 heavy (non-hydrogen) atoms. The molecule has 2 aromatic heterocycles. The highest BCUT2D eigenvalue weighted by Crippen LogP contribution is 2.44. The molecule has 0 bridgehead atoms. The van der Waals surface area contributed by atoms with Gasteiger partial charge in [0.1, 0.15) is 28.2 Å². The Morgan fingerprint density at radius 3 is 2.46 bits per heavy atom. The molecule has 0 aliphatic carbocycles. The van der Waals surface area contributed by atoms with Gasteiger partial charge in [-0.3, -0.25) is 19.4 Å². The minimum absolute atomic E-state index is 0.00623. The molecule has 17 heteroatoms. The first-order chi connectivity index (χ1) is 24.4. The number of carbonyl (C=O) groups excluding carboxylic acids is 3. The highest BCUT2D eigenvalue weighted by Gasteiger charge is 2.57. The molecule has 1 fully saturated rings. The van der Waals surface area contributed by atoms with E-state index in [0.717, 1.165) is 33.5 Å². The minimum Gasteiger partial charge on any atom is -0.474 e. The van der Waals surface area contributed by atoms with Crippen molar-refractivity contribution in [1.82, 2.24) is 19.7 Å². The lowest BCUT2D eigenvalue weighted by Crippen LogP contribution is -2.69. The number of pyridine rings is 1. The van der Waals surface area contributed by atoms with E-state index in [2.05, 4.69) is 4.98 Å². The van der Waals surface area contributed by atoms with Crippen LogP contribution in [0.5, 0.6) is 5.75 Å². The van der Waals surface area contributed by atoms with Crippen LogP contribution in [-0.2, 0) is 28.4 Å². The molecule has 0 saturated carbocycles. The molecule has 9 nitrogen and oxygen atoms in total. The molecule has 1 N–H and O–H groups in total. The number of piperidine rings is 1. The van der Waals surface area contributed by atoms with Crippen molar-refractivity contribution < 1.29 is 55.0 Å². The van der Waals surface area contributed by atoms with Gasteiger partial charge in [-0.25, -0.2) is 4.39 Å². The van der Waals surface area contributed by atoms with Gasteiger partial charge in [-0.05, 0) is 61.6 Å². The van der Waals surface area contributed by atoms with Crippen LogP contribution in [0.25, 0.3) is 0 Å². The molecule has 4 heterocycles. The summed E-state index contributed by atoms with van der Waals surface area (Å²) >= 11 is 0.321. The first kappa shape index (κ1) is 39.0. The summed E-state index contributed by atoms with van der Waals surface area (Å²) in [6, 6.07) is 4.10. The predicted molar refractivity (Wildman–Crippen MR) is 175 cm³/mol. The molecular weight excluding hydrogens is 721 g/mol. The number of hydrogen-bond acceptors (Lipinski definition) is 7. The van der Waals surface area contributed by atoms with Gasteiger partial charge >= 0.3 is 12.4 Å². The van der Waals surface area contributed by atoms with Crippen LogP contribution in [0.4, 0.5) is 30.7 Å². The van der Waals surface area contributed by atoms with E-state index in [9.17, 15) is 45.4 Å². The molecule has 282 valence electrons. The lowest BCUT2D eigenvalue weighted by Gasteiger charge is -2.51. The van der Waals surface area contributed by atoms with Gasteiger partial charge in [0.05, 0.1) is 17.6 Å². The van der Waals surface area contributed by atoms with Crippen molar-refractivity contribution in [2.75, 3.05) is 26.7 Å². The number of amides is 3. The molecule has 5 rings (SSSR count). The van der Waals surface area contributed by atoms with Gasteiger partial charge in [0.15, 0.2) is 0 Å². The summed E-state index contributed by atoms with van der Waals surface area (Å²) in [7, 11) is 1.38. The molecule has 2 aliphatic rings. The molecule has 1 aromatic carbocycles. The van der Waals surface area contributed by atoms with E-state index < -0.39 is 75.8 Å². The van der Waals surface area contributed by atoms with Crippen LogP contribution in [-0.4, -0.2) is 86.9 Å². The van der Waals surface area contributed by atoms with Crippen molar-refractivity contribution in [3.63, 3.8) is 0 Å². The SMILES string of the molecule is CCC[C@H]1N(C(=O)c2ncccc2C(F)(F)F)CCC[C@@]1(Oc1csc(C(F)(F)F)c1)C(=O)N1CCc2ccc(F)cc2[C@H]1CN(C)C(=O)[C@@H](C)O. The van der Waals surface area contributed by atoms with Gasteiger partial charge in [0.2, 0.25) is 5.60 Å². The number of thiophene rings is 1. The van der Waals surface area contributed by atoms with Crippen LogP contribution < -0.4 is 4.74 Å². The number of nitrogens with zero attached hydrogens (tertiary/aromatic N) is 4. The van der Waals surface area contributed by atoms with Gasteiger partial charge in [-0.1, -0.05) is 19.4 Å². The summed E-state index contributed by atoms with van der Waals surface area (Å²) in [5.41, 5.74) is -3.35. The standard InChI is InChI=1S/C35H37F7N4O5S/c1-4-7-27-33(51-23-17-28(52-19-23)35(40,41)42,12-6-14-46(27)31(49)29-25(34(37,38)39)8-5-13-43-29)32(50)45-15-11-21-9-10-22(36)16-24(21)26(45)18-44(3)30(48)20(2)47/h5,8-10,13,16-17,19-20,26-27,47H,4,6-7,11-12,14-15,18H2,1-3H3/t20-,26-,27-,33+/m1/s1. The van der Waals surface area contributed by atoms with Crippen molar-refractivity contribution in [2.24, 2.45) is 0 Å². The van der Waals surface area contributed by atoms with E-state index in [-0.39, 0.29) is 57.5 Å². The van der Waals surface area contributed by atoms with Gasteiger partial charge < -0.3 is 24.5 Å². The molecule has 1 saturated heterocycles. The summed E-state index contributed by atoms with van der Waals surface area (Å²) in [5.74, 6) is -3.62. The molecule has 4 atom stereocenters. The largest absolute Gasteiger partial charge is 0.474 e. The average Bonchev–Trinajstić information content (AvgIpc) is 3.57. The summed E-state index contributed by atoms with van der Waals surface area (Å²) in [6.45, 7) is 2.59. The fourth-order valence-corrected chi connectivity index (χ4v) is 7.77. The molecule has 0 unspecified atom stereocenters. The average molecular weight is 759 g/mol. The number of benzene rings is 1. The summed E-state index contributed by atoms with van der Waals surface area (Å²) in [5, 5.41) is 11.1. The van der Waals surface area contributed by atoms with Gasteiger partial charge in [0, 0.05) is 50.7 Å². The van der Waals surface area contributed by atoms with E-state index in [1.54, 1.807) is 6.92 Å². The number of rotatable bonds is 9. The minimum atomic E-state index is -4.96. The molecular formula is C35H37F7N4O5S. The lowest BCUT2D eigenvalue weighted by atomic mass is 9.78. The number of halogens is 7. The lowest BCUT2D eigenvalue weighted by molar-refractivity contribution is -0.163. The molecule has 2 aliphatic heterocycles. The van der Waals surface area contributed by atoms with Crippen molar-refractivity contribution in [2.45, 2.75) is 82.1 Å². The Morgan fingerprint density at radius 2 is 1.83 bits per heavy atom. The van der Waals surface area contributed by atoms with Crippen LogP contribution in [0.15, 0.2) is 48.0 Å². The predicted octanol–water partition coefficient (Wildman–Crippen LogP) is 6.51. The second kappa shape index (κ2) is 15.0. The van der Waals surface area contributed by atoms with E-state index >= 15 is 4.79 Å². The van der Waals surface area contributed by atoms with Crippen LogP contribution >= 0.6 is 11.3 Å². The van der Waals surface area contributed by atoms with Crippen LogP contribution in [0.1, 0.15) is 77.6 Å². The maximum absolute atomic E-state index is 15.3. The van der Waals surface area contributed by atoms with Gasteiger partial charge in [-0.15, -0.1) is 11.3 Å². The van der Waals surface area contributed by atoms with Crippen molar-refractivity contribution >= 4 is 29.1 Å². The molecule has 3 aromatic rings. The van der Waals surface area contributed by atoms with Crippen LogP contribution in [0.2, 0.25) is 0 Å². The quantitative estimate of drug-likeness (QED) is 0.250. The zero-order valence-corrected chi connectivity index (χ0v) is 29.2. The number of aliphatic hydroxyl groups excluding tert-OH is 1. The van der Waals surface area contributed by atoms with E-state index in [0.29, 0.717) is 28.5 Å². The zero-order valence-electron chi connectivity index (χ0n) is 28.4. The third-order valence-electron chi connectivity index (χ3n) is 9.42. The maximum atomic E-state index is 15.3. The molecule has 0 spiro atoms. The third kappa shape index (κ3) is 7.75. The smallest absolute Gasteiger partial charge is 0.425 e. The highest BCUT2D eigenvalue weighted by molar-refractivity contribution is 7.10. The molecule has 0 radical (unpaired) electrons. The number of alkyl halides is 6. The van der Waals surface area contributed by atoms with E-state index in [1.165, 1.54) is 37.1 Å². The number of aliphatic hydroxyl groups is 1. The summed E-state index contributed by atoms with van der Waals surface area (Å²) < 4.78 is 105. The summed E-state index contributed by atoms with van der Waals surface area (Å²) in [6.07, 6.45) is -9.75. The first-order valence-corrected chi connectivity index (χ1v) is 17.5. The topological polar surface area (TPSA) is 103 Å². The second-order valence-corrected chi connectivity index (χ2v) is 13.9. The number of ether oxygens (including phenoxy) is 1. The van der Waals surface area contributed by atoms with Crippen LogP contribution in [0, 0.1) is 5.82 Å². The maximum Gasteiger partial charge on any atom is 0.425 e. The number of aromatic nitrogens is 1. The van der Waals surface area contributed by atoms with E-state index in [4.69, 9.17) is 4.74 Å². The Balaban J connectivity index is 1.67. The van der Waals surface area contributed by atoms with Crippen molar-refractivity contribution in [3.8, 4) is 5.75 Å². The number of likely N-dealkylation sites (N-methyl/N-ethyl adjacent to an activating group) is 1. The normalized spacial score (nSPS) is 21.4. The highest BCUT2D eigenvalue weighted by atomic mass is 32.1. The van der Waals surface area contributed by atoms with Crippen molar-refractivity contribution in [1.29, 1.82) is 0 Å². The Hall–Kier alpha value is -4.25. The second-order valence-electron chi connectivity index (χ2n) is 12.9. The fraction of sp³-hybridized carbons (Fsp3) is 0.486. The Bertz CT molecular complexity index is 1800. The van der Waals surface area contributed by atoms with E-state index in [1.807, 2.05) is 0 Å². The number of likely N-dealkylation sites (tertiary alicyclic amines) is 1. The zero-order chi connectivity index (χ0) is 38.2. The van der Waals surface area contributed by atoms with Gasteiger partial charge in [0.25, 0.3) is 17.7 Å². The molecule has 3 amide bonds. The Kier molecular flexibility index (Phi) is 11.2. The van der Waals surface area contributed by atoms with Crippen LogP contribution in [0.3, 0.4) is 0 Å². The third-order valence-corrected chi connectivity index (χ3v) is 10.4. The number of hydrogen-bond donors (Lipinski definition) is 1. The number of carbonyl (C=O) groups is 3. The monoisotopic (exact) mass is 758 g/mol.